The lowest BCUT2D eigenvalue weighted by molar-refractivity contribution is 0.490. The van der Waals surface area contributed by atoms with Gasteiger partial charge in [0.2, 0.25) is 0 Å². The van der Waals surface area contributed by atoms with E-state index in [1.807, 2.05) is 0 Å². The highest BCUT2D eigenvalue weighted by Gasteiger charge is 2.30. The highest BCUT2D eigenvalue weighted by atomic mass is 15.0. The van der Waals surface area contributed by atoms with Crippen LogP contribution in [0.5, 0.6) is 0 Å². The molecular weight excluding hydrogens is 196 g/mol. The van der Waals surface area contributed by atoms with Crippen LogP contribution in [0.15, 0.2) is 23.5 Å². The third-order valence-corrected chi connectivity index (χ3v) is 3.52. The van der Waals surface area contributed by atoms with Crippen molar-refractivity contribution in [1.29, 1.82) is 0 Å². The molecule has 2 rings (SSSR count). The number of hydrogen-bond acceptors (Lipinski definition) is 2. The zero-order valence-electron chi connectivity index (χ0n) is 11.1. The van der Waals surface area contributed by atoms with Crippen molar-refractivity contribution < 1.29 is 0 Å². The Morgan fingerprint density at radius 3 is 1.56 bits per heavy atom. The molecular formula is C14H24N2. The maximum atomic E-state index is 3.53. The lowest BCUT2D eigenvalue weighted by Crippen LogP contribution is -2.24. The van der Waals surface area contributed by atoms with E-state index in [2.05, 4.69) is 57.4 Å². The van der Waals surface area contributed by atoms with Crippen molar-refractivity contribution in [2.24, 2.45) is 16.7 Å². The summed E-state index contributed by atoms with van der Waals surface area (Å²) in [4.78, 5) is 0. The van der Waals surface area contributed by atoms with Gasteiger partial charge in [-0.25, -0.2) is 0 Å². The van der Waals surface area contributed by atoms with Crippen LogP contribution in [-0.2, 0) is 0 Å². The summed E-state index contributed by atoms with van der Waals surface area (Å²) >= 11 is 0. The molecule has 2 nitrogen and oxygen atoms in total. The SMILES string of the molecule is CC(C1=CC(C)(C)CN1)C1=CC(C)(C)CN1. The van der Waals surface area contributed by atoms with Crippen LogP contribution >= 0.6 is 0 Å². The molecule has 2 aliphatic rings. The second kappa shape index (κ2) is 3.54. The molecule has 0 bridgehead atoms. The van der Waals surface area contributed by atoms with Crippen LogP contribution in [0.25, 0.3) is 0 Å². The average molecular weight is 220 g/mol. The Bertz CT molecular complexity index is 314. The second-order valence-electron chi connectivity index (χ2n) is 6.61. The number of nitrogens with one attached hydrogen (secondary N) is 2. The summed E-state index contributed by atoms with van der Waals surface area (Å²) in [6.45, 7) is 13.5. The van der Waals surface area contributed by atoms with Crippen molar-refractivity contribution in [2.45, 2.75) is 34.6 Å². The lowest BCUT2D eigenvalue weighted by Gasteiger charge is -2.15. The van der Waals surface area contributed by atoms with E-state index < -0.39 is 0 Å². The minimum atomic E-state index is 0.304. The van der Waals surface area contributed by atoms with Gasteiger partial charge >= 0.3 is 0 Å². The Morgan fingerprint density at radius 2 is 1.31 bits per heavy atom. The highest BCUT2D eigenvalue weighted by molar-refractivity contribution is 5.27. The van der Waals surface area contributed by atoms with E-state index in [1.165, 1.54) is 11.4 Å². The Hall–Kier alpha value is -0.920. The zero-order valence-corrected chi connectivity index (χ0v) is 11.1. The topological polar surface area (TPSA) is 24.1 Å². The third kappa shape index (κ3) is 2.26. The quantitative estimate of drug-likeness (QED) is 0.747. The molecule has 0 unspecified atom stereocenters. The standard InChI is InChI=1S/C14H24N2/c1-10(11-6-13(2,3)8-15-11)12-7-14(4,5)9-16-12/h6-7,10,15-16H,8-9H2,1-5H3. The molecule has 0 aromatic heterocycles. The van der Waals surface area contributed by atoms with E-state index in [0.29, 0.717) is 16.7 Å². The summed E-state index contributed by atoms with van der Waals surface area (Å²) in [5.74, 6) is 0.476. The first-order valence-electron chi connectivity index (χ1n) is 6.22. The summed E-state index contributed by atoms with van der Waals surface area (Å²) in [7, 11) is 0. The van der Waals surface area contributed by atoms with E-state index in [9.17, 15) is 0 Å². The van der Waals surface area contributed by atoms with E-state index in [1.54, 1.807) is 0 Å². The molecule has 2 N–H and O–H groups in total. The van der Waals surface area contributed by atoms with Crippen LogP contribution in [-0.4, -0.2) is 13.1 Å². The molecule has 0 radical (unpaired) electrons. The average Bonchev–Trinajstić information content (AvgIpc) is 2.68. The van der Waals surface area contributed by atoms with Gasteiger partial charge in [0.05, 0.1) is 0 Å². The monoisotopic (exact) mass is 220 g/mol. The molecule has 0 saturated carbocycles. The summed E-state index contributed by atoms with van der Waals surface area (Å²) < 4.78 is 0. The minimum Gasteiger partial charge on any atom is -0.387 e. The molecule has 0 aliphatic carbocycles. The smallest absolute Gasteiger partial charge is 0.0351 e. The van der Waals surface area contributed by atoms with Crippen molar-refractivity contribution >= 4 is 0 Å². The van der Waals surface area contributed by atoms with Gasteiger partial charge < -0.3 is 10.6 Å². The summed E-state index contributed by atoms with van der Waals surface area (Å²) in [6, 6.07) is 0. The van der Waals surface area contributed by atoms with Crippen molar-refractivity contribution in [3.8, 4) is 0 Å². The molecule has 0 amide bonds. The molecule has 0 spiro atoms. The molecule has 2 heteroatoms. The maximum absolute atomic E-state index is 3.53. The van der Waals surface area contributed by atoms with Crippen LogP contribution in [0.4, 0.5) is 0 Å². The van der Waals surface area contributed by atoms with Gasteiger partial charge in [0.15, 0.2) is 0 Å². The van der Waals surface area contributed by atoms with Crippen LogP contribution in [0.1, 0.15) is 34.6 Å². The van der Waals surface area contributed by atoms with Crippen LogP contribution in [0.2, 0.25) is 0 Å². The molecule has 0 saturated heterocycles. The van der Waals surface area contributed by atoms with Crippen LogP contribution in [0.3, 0.4) is 0 Å². The van der Waals surface area contributed by atoms with Crippen molar-refractivity contribution in [3.63, 3.8) is 0 Å². The fraction of sp³-hybridized carbons (Fsp3) is 0.714. The molecule has 0 aromatic carbocycles. The zero-order chi connectivity index (χ0) is 12.0. The normalized spacial score (nSPS) is 26.1. The van der Waals surface area contributed by atoms with E-state index in [4.69, 9.17) is 0 Å². The summed E-state index contributed by atoms with van der Waals surface area (Å²) in [6.07, 6.45) is 4.76. The summed E-state index contributed by atoms with van der Waals surface area (Å²) in [5, 5.41) is 7.06. The van der Waals surface area contributed by atoms with Gasteiger partial charge in [-0.3, -0.25) is 0 Å². The molecule has 0 atom stereocenters. The first kappa shape index (κ1) is 11.6. The minimum absolute atomic E-state index is 0.304. The van der Waals surface area contributed by atoms with E-state index in [0.717, 1.165) is 13.1 Å². The Morgan fingerprint density at radius 1 is 0.938 bits per heavy atom. The fourth-order valence-electron chi connectivity index (χ4n) is 2.43. The van der Waals surface area contributed by atoms with Crippen molar-refractivity contribution in [3.05, 3.63) is 23.5 Å². The predicted molar refractivity (Wildman–Crippen MR) is 68.9 cm³/mol. The van der Waals surface area contributed by atoms with E-state index in [-0.39, 0.29) is 0 Å². The van der Waals surface area contributed by atoms with E-state index >= 15 is 0 Å². The van der Waals surface area contributed by atoms with Gasteiger partial charge in [-0.2, -0.15) is 0 Å². The van der Waals surface area contributed by atoms with Crippen molar-refractivity contribution in [1.82, 2.24) is 10.6 Å². The number of hydrogen-bond donors (Lipinski definition) is 2. The first-order valence-corrected chi connectivity index (χ1v) is 6.22. The van der Waals surface area contributed by atoms with Gasteiger partial charge in [0.1, 0.15) is 0 Å². The summed E-state index contributed by atoms with van der Waals surface area (Å²) in [5.41, 5.74) is 3.36. The van der Waals surface area contributed by atoms with Gasteiger partial charge in [-0.05, 0) is 0 Å². The maximum Gasteiger partial charge on any atom is 0.0351 e. The lowest BCUT2D eigenvalue weighted by atomic mass is 9.92. The van der Waals surface area contributed by atoms with Gasteiger partial charge in [-0.15, -0.1) is 0 Å². The van der Waals surface area contributed by atoms with Crippen molar-refractivity contribution in [2.75, 3.05) is 13.1 Å². The first-order chi connectivity index (χ1) is 7.29. The molecule has 0 aromatic rings. The van der Waals surface area contributed by atoms with Gasteiger partial charge in [0.25, 0.3) is 0 Å². The molecule has 2 heterocycles. The number of rotatable bonds is 2. The third-order valence-electron chi connectivity index (χ3n) is 3.52. The van der Waals surface area contributed by atoms with Crippen LogP contribution in [0, 0.1) is 16.7 Å². The predicted octanol–water partition coefficient (Wildman–Crippen LogP) is 2.65. The fourth-order valence-corrected chi connectivity index (χ4v) is 2.43. The van der Waals surface area contributed by atoms with Crippen LogP contribution < -0.4 is 10.6 Å². The molecule has 90 valence electrons. The molecule has 2 aliphatic heterocycles. The highest BCUT2D eigenvalue weighted by Crippen LogP contribution is 2.33. The van der Waals surface area contributed by atoms with Gasteiger partial charge in [-0.1, -0.05) is 46.8 Å². The molecule has 0 fully saturated rings. The largest absolute Gasteiger partial charge is 0.387 e. The Labute approximate surface area is 99.2 Å². The van der Waals surface area contributed by atoms with Gasteiger partial charge in [0, 0.05) is 41.2 Å². The Balaban J connectivity index is 2.13. The second-order valence-corrected chi connectivity index (χ2v) is 6.61. The molecule has 16 heavy (non-hydrogen) atoms. The Kier molecular flexibility index (Phi) is 2.56.